The molecule has 1 saturated heterocycles. The molecule has 2 bridgehead atoms. The van der Waals surface area contributed by atoms with Gasteiger partial charge in [-0.3, -0.25) is 35.3 Å². The van der Waals surface area contributed by atoms with Gasteiger partial charge in [-0.1, -0.05) is 44.5 Å². The zero-order chi connectivity index (χ0) is 20.0. The smallest absolute Gasteiger partial charge is 0.271 e. The summed E-state index contributed by atoms with van der Waals surface area (Å²) in [6.07, 6.45) is 0.963. The predicted molar refractivity (Wildman–Crippen MR) is 98.4 cm³/mol. The monoisotopic (exact) mass is 391 g/mol. The number of hydrogen-bond donors (Lipinski definition) is 3. The molecular weight excluding hydrogens is 370 g/mol. The van der Waals surface area contributed by atoms with Crippen LogP contribution >= 0.6 is 11.6 Å². The van der Waals surface area contributed by atoms with Crippen LogP contribution in [0.25, 0.3) is 0 Å². The lowest BCUT2D eigenvalue weighted by Gasteiger charge is -2.53. The molecule has 1 aromatic rings. The maximum absolute atomic E-state index is 12.9. The molecule has 2 fully saturated rings. The van der Waals surface area contributed by atoms with E-state index < -0.39 is 28.1 Å². The second-order valence-corrected chi connectivity index (χ2v) is 8.79. The second-order valence-electron chi connectivity index (χ2n) is 8.38. The highest BCUT2D eigenvalue weighted by atomic mass is 35.5. The van der Waals surface area contributed by atoms with Gasteiger partial charge in [0.15, 0.2) is 0 Å². The molecule has 1 aliphatic carbocycles. The first-order chi connectivity index (χ1) is 12.5. The van der Waals surface area contributed by atoms with Crippen LogP contribution in [-0.2, 0) is 14.4 Å². The van der Waals surface area contributed by atoms with Gasteiger partial charge in [0.25, 0.3) is 5.91 Å². The van der Waals surface area contributed by atoms with Crippen LogP contribution in [0.1, 0.15) is 50.4 Å². The minimum Gasteiger partial charge on any atom is -0.296 e. The summed E-state index contributed by atoms with van der Waals surface area (Å²) in [6.45, 7) is 5.24. The molecule has 2 aliphatic rings. The van der Waals surface area contributed by atoms with Crippen molar-refractivity contribution in [2.45, 2.75) is 40.0 Å². The molecule has 1 aromatic carbocycles. The number of carbonyl (C=O) groups excluding carboxylic acids is 4. The van der Waals surface area contributed by atoms with Crippen molar-refractivity contribution in [1.82, 2.24) is 16.2 Å². The fourth-order valence-electron chi connectivity index (χ4n) is 4.63. The maximum Gasteiger partial charge on any atom is 0.271 e. The first-order valence-corrected chi connectivity index (χ1v) is 9.08. The van der Waals surface area contributed by atoms with E-state index in [1.54, 1.807) is 45.0 Å². The number of benzene rings is 1. The van der Waals surface area contributed by atoms with Gasteiger partial charge in [0.2, 0.25) is 17.7 Å². The molecule has 144 valence electrons. The Bertz CT molecular complexity index is 827. The zero-order valence-electron chi connectivity index (χ0n) is 15.4. The van der Waals surface area contributed by atoms with E-state index in [4.69, 9.17) is 11.6 Å². The van der Waals surface area contributed by atoms with Crippen LogP contribution in [0.4, 0.5) is 0 Å². The van der Waals surface area contributed by atoms with Crippen LogP contribution in [0.2, 0.25) is 5.02 Å². The van der Waals surface area contributed by atoms with Crippen molar-refractivity contribution in [2.24, 2.45) is 16.2 Å². The SMILES string of the molecule is CC1(C(=O)NNC(=O)c2ccccc2Cl)CC2(C)CC(C)(C1)C(=O)NC2=O. The van der Waals surface area contributed by atoms with Crippen LogP contribution in [-0.4, -0.2) is 23.6 Å². The summed E-state index contributed by atoms with van der Waals surface area (Å²) in [4.78, 5) is 49.8. The van der Waals surface area contributed by atoms with E-state index in [1.807, 2.05) is 0 Å². The Labute approximate surface area is 162 Å². The van der Waals surface area contributed by atoms with Crippen molar-refractivity contribution < 1.29 is 19.2 Å². The van der Waals surface area contributed by atoms with Gasteiger partial charge >= 0.3 is 0 Å². The van der Waals surface area contributed by atoms with Gasteiger partial charge in [0.05, 0.1) is 16.0 Å². The summed E-state index contributed by atoms with van der Waals surface area (Å²) in [5.41, 5.74) is 2.41. The van der Waals surface area contributed by atoms with Crippen molar-refractivity contribution in [3.8, 4) is 0 Å². The number of hydrazine groups is 1. The molecule has 1 heterocycles. The second kappa shape index (κ2) is 6.34. The topological polar surface area (TPSA) is 104 Å². The third-order valence-corrected chi connectivity index (χ3v) is 5.95. The van der Waals surface area contributed by atoms with Crippen LogP contribution in [0, 0.1) is 16.2 Å². The van der Waals surface area contributed by atoms with Gasteiger partial charge in [-0.05, 0) is 31.4 Å². The molecule has 0 radical (unpaired) electrons. The molecule has 3 N–H and O–H groups in total. The van der Waals surface area contributed by atoms with Crippen LogP contribution in [0.3, 0.4) is 0 Å². The molecule has 1 aliphatic heterocycles. The minimum absolute atomic E-state index is 0.235. The molecule has 0 aromatic heterocycles. The molecule has 2 unspecified atom stereocenters. The molecule has 8 heteroatoms. The van der Waals surface area contributed by atoms with Crippen LogP contribution in [0.15, 0.2) is 24.3 Å². The third kappa shape index (κ3) is 3.32. The highest BCUT2D eigenvalue weighted by molar-refractivity contribution is 6.33. The van der Waals surface area contributed by atoms with Crippen molar-refractivity contribution in [3.63, 3.8) is 0 Å². The lowest BCUT2D eigenvalue weighted by molar-refractivity contribution is -0.164. The van der Waals surface area contributed by atoms with E-state index in [2.05, 4.69) is 16.2 Å². The Morgan fingerprint density at radius 2 is 1.52 bits per heavy atom. The average molecular weight is 392 g/mol. The number of hydrogen-bond acceptors (Lipinski definition) is 4. The summed E-state index contributed by atoms with van der Waals surface area (Å²) < 4.78 is 0. The molecular formula is C19H22ClN3O4. The van der Waals surface area contributed by atoms with Crippen LogP contribution < -0.4 is 16.2 Å². The van der Waals surface area contributed by atoms with Crippen molar-refractivity contribution in [1.29, 1.82) is 0 Å². The molecule has 1 saturated carbocycles. The lowest BCUT2D eigenvalue weighted by atomic mass is 9.52. The number of amides is 4. The normalized spacial score (nSPS) is 32.4. The van der Waals surface area contributed by atoms with Gasteiger partial charge in [-0.15, -0.1) is 0 Å². The molecule has 2 atom stereocenters. The first kappa shape index (κ1) is 19.4. The van der Waals surface area contributed by atoms with Gasteiger partial charge in [0, 0.05) is 10.8 Å². The summed E-state index contributed by atoms with van der Waals surface area (Å²) in [5.74, 6) is -1.70. The number of rotatable bonds is 2. The van der Waals surface area contributed by atoms with Gasteiger partial charge < -0.3 is 0 Å². The Morgan fingerprint density at radius 3 is 2.07 bits per heavy atom. The molecule has 27 heavy (non-hydrogen) atoms. The number of piperidine rings is 1. The maximum atomic E-state index is 12.9. The van der Waals surface area contributed by atoms with Crippen LogP contribution in [0.5, 0.6) is 0 Å². The predicted octanol–water partition coefficient (Wildman–Crippen LogP) is 1.96. The number of imide groups is 1. The fraction of sp³-hybridized carbons (Fsp3) is 0.474. The van der Waals surface area contributed by atoms with E-state index in [0.717, 1.165) is 0 Å². The Morgan fingerprint density at radius 1 is 0.963 bits per heavy atom. The first-order valence-electron chi connectivity index (χ1n) is 8.70. The van der Waals surface area contributed by atoms with Crippen molar-refractivity contribution >= 4 is 35.2 Å². The average Bonchev–Trinajstić information content (AvgIpc) is 2.57. The zero-order valence-corrected chi connectivity index (χ0v) is 16.2. The van der Waals surface area contributed by atoms with E-state index in [1.165, 1.54) is 0 Å². The summed E-state index contributed by atoms with van der Waals surface area (Å²) >= 11 is 5.99. The van der Waals surface area contributed by atoms with E-state index in [0.29, 0.717) is 6.42 Å². The van der Waals surface area contributed by atoms with Crippen molar-refractivity contribution in [2.75, 3.05) is 0 Å². The van der Waals surface area contributed by atoms with Crippen molar-refractivity contribution in [3.05, 3.63) is 34.9 Å². The number of carbonyl (C=O) groups is 4. The highest BCUT2D eigenvalue weighted by Crippen LogP contribution is 2.56. The molecule has 3 rings (SSSR count). The minimum atomic E-state index is -0.983. The highest BCUT2D eigenvalue weighted by Gasteiger charge is 2.60. The standard InChI is InChI=1S/C19H22ClN3O4/c1-17-8-18(2,15(26)21-14(17)25)10-19(3,9-17)16(27)23-22-13(24)11-6-4-5-7-12(11)20/h4-7H,8-10H2,1-3H3,(H,22,24)(H,23,27)(H,21,25,26). The number of fused-ring (bicyclic) bond motifs is 2. The van der Waals surface area contributed by atoms with E-state index in [-0.39, 0.29) is 35.2 Å². The lowest BCUT2D eigenvalue weighted by Crippen LogP contribution is -2.64. The quantitative estimate of drug-likeness (QED) is 0.529. The fourth-order valence-corrected chi connectivity index (χ4v) is 4.86. The summed E-state index contributed by atoms with van der Waals surface area (Å²) in [6, 6.07) is 6.48. The number of nitrogens with one attached hydrogen (secondary N) is 3. The molecule has 7 nitrogen and oxygen atoms in total. The number of halogens is 1. The van der Waals surface area contributed by atoms with Gasteiger partial charge in [-0.25, -0.2) is 0 Å². The largest absolute Gasteiger partial charge is 0.296 e. The van der Waals surface area contributed by atoms with Gasteiger partial charge in [-0.2, -0.15) is 0 Å². The molecule has 4 amide bonds. The summed E-state index contributed by atoms with van der Waals surface area (Å²) in [5, 5.41) is 2.69. The third-order valence-electron chi connectivity index (χ3n) is 5.62. The Balaban J connectivity index is 1.76. The molecule has 0 spiro atoms. The Kier molecular flexibility index (Phi) is 4.54. The van der Waals surface area contributed by atoms with Gasteiger partial charge in [0.1, 0.15) is 0 Å². The Hall–Kier alpha value is -2.41. The van der Waals surface area contributed by atoms with E-state index >= 15 is 0 Å². The van der Waals surface area contributed by atoms with E-state index in [9.17, 15) is 19.2 Å². The summed E-state index contributed by atoms with van der Waals surface area (Å²) in [7, 11) is 0.